The van der Waals surface area contributed by atoms with Crippen LogP contribution in [0.15, 0.2) is 18.3 Å². The van der Waals surface area contributed by atoms with Crippen LogP contribution in [0, 0.1) is 5.41 Å². The lowest BCUT2D eigenvalue weighted by molar-refractivity contribution is 0.549. The average molecular weight is 246 g/mol. The van der Waals surface area contributed by atoms with Gasteiger partial charge in [0, 0.05) is 19.3 Å². The SMILES string of the molecule is CN(c1ncccc1C(=N)N)C1CCCCCC1. The predicted octanol–water partition coefficient (Wildman–Crippen LogP) is 2.52. The van der Waals surface area contributed by atoms with E-state index in [1.54, 1.807) is 6.20 Å². The molecule has 0 spiro atoms. The van der Waals surface area contributed by atoms with E-state index in [2.05, 4.69) is 16.9 Å². The maximum Gasteiger partial charge on any atom is 0.139 e. The number of aromatic nitrogens is 1. The highest BCUT2D eigenvalue weighted by atomic mass is 15.2. The molecule has 1 fully saturated rings. The molecule has 0 radical (unpaired) electrons. The second-order valence-electron chi connectivity index (χ2n) is 5.04. The van der Waals surface area contributed by atoms with Crippen molar-refractivity contribution < 1.29 is 0 Å². The number of hydrogen-bond acceptors (Lipinski definition) is 3. The van der Waals surface area contributed by atoms with E-state index in [0.717, 1.165) is 11.4 Å². The number of nitrogen functional groups attached to an aromatic ring is 1. The number of nitrogens with two attached hydrogens (primary N) is 1. The number of anilines is 1. The number of hydrogen-bond donors (Lipinski definition) is 2. The molecule has 98 valence electrons. The summed E-state index contributed by atoms with van der Waals surface area (Å²) >= 11 is 0. The molecule has 2 rings (SSSR count). The van der Waals surface area contributed by atoms with Gasteiger partial charge in [-0.05, 0) is 25.0 Å². The molecule has 0 bridgehead atoms. The number of rotatable bonds is 3. The molecule has 0 unspecified atom stereocenters. The van der Waals surface area contributed by atoms with E-state index in [9.17, 15) is 0 Å². The van der Waals surface area contributed by atoms with E-state index in [1.165, 1.54) is 38.5 Å². The van der Waals surface area contributed by atoms with Crippen molar-refractivity contribution in [2.45, 2.75) is 44.6 Å². The average Bonchev–Trinajstić information content (AvgIpc) is 2.66. The van der Waals surface area contributed by atoms with Gasteiger partial charge in [0.15, 0.2) is 0 Å². The van der Waals surface area contributed by atoms with Crippen molar-refractivity contribution in [1.29, 1.82) is 5.41 Å². The van der Waals surface area contributed by atoms with Crippen molar-refractivity contribution >= 4 is 11.7 Å². The van der Waals surface area contributed by atoms with Gasteiger partial charge >= 0.3 is 0 Å². The van der Waals surface area contributed by atoms with Crippen molar-refractivity contribution in [3.05, 3.63) is 23.9 Å². The Morgan fingerprint density at radius 1 is 1.33 bits per heavy atom. The smallest absolute Gasteiger partial charge is 0.139 e. The fourth-order valence-electron chi connectivity index (χ4n) is 2.71. The van der Waals surface area contributed by atoms with Crippen LogP contribution in [0.4, 0.5) is 5.82 Å². The molecule has 18 heavy (non-hydrogen) atoms. The lowest BCUT2D eigenvalue weighted by Crippen LogP contribution is -2.33. The van der Waals surface area contributed by atoms with E-state index in [1.807, 2.05) is 12.1 Å². The van der Waals surface area contributed by atoms with Crippen LogP contribution in [0.3, 0.4) is 0 Å². The quantitative estimate of drug-likeness (QED) is 0.489. The summed E-state index contributed by atoms with van der Waals surface area (Å²) in [5, 5.41) is 7.64. The first kappa shape index (κ1) is 12.9. The molecule has 1 aliphatic rings. The second-order valence-corrected chi connectivity index (χ2v) is 5.04. The fraction of sp³-hybridized carbons (Fsp3) is 0.571. The van der Waals surface area contributed by atoms with Crippen LogP contribution in [0.2, 0.25) is 0 Å². The lowest BCUT2D eigenvalue weighted by atomic mass is 10.1. The van der Waals surface area contributed by atoms with Gasteiger partial charge in [0.1, 0.15) is 11.7 Å². The van der Waals surface area contributed by atoms with Gasteiger partial charge in [-0.3, -0.25) is 5.41 Å². The monoisotopic (exact) mass is 246 g/mol. The third kappa shape index (κ3) is 2.81. The van der Waals surface area contributed by atoms with Crippen molar-refractivity contribution in [2.75, 3.05) is 11.9 Å². The van der Waals surface area contributed by atoms with Crippen LogP contribution in [-0.2, 0) is 0 Å². The van der Waals surface area contributed by atoms with E-state index in [-0.39, 0.29) is 5.84 Å². The van der Waals surface area contributed by atoms with Gasteiger partial charge in [0.05, 0.1) is 5.56 Å². The molecule has 0 atom stereocenters. The van der Waals surface area contributed by atoms with Crippen LogP contribution < -0.4 is 10.6 Å². The van der Waals surface area contributed by atoms with Gasteiger partial charge in [-0.15, -0.1) is 0 Å². The van der Waals surface area contributed by atoms with E-state index in [0.29, 0.717) is 6.04 Å². The molecule has 3 N–H and O–H groups in total. The molecule has 0 amide bonds. The minimum atomic E-state index is 0.0959. The summed E-state index contributed by atoms with van der Waals surface area (Å²) in [6, 6.07) is 4.24. The van der Waals surface area contributed by atoms with E-state index >= 15 is 0 Å². The first-order valence-corrected chi connectivity index (χ1v) is 6.72. The number of amidine groups is 1. The Hall–Kier alpha value is -1.58. The molecule has 1 aliphatic carbocycles. The Bertz CT molecular complexity index is 408. The first-order chi connectivity index (χ1) is 8.70. The zero-order valence-electron chi connectivity index (χ0n) is 11.0. The normalized spacial score (nSPS) is 17.2. The molecule has 1 heterocycles. The molecular weight excluding hydrogens is 224 g/mol. The minimum Gasteiger partial charge on any atom is -0.384 e. The van der Waals surface area contributed by atoms with Gasteiger partial charge in [-0.1, -0.05) is 25.7 Å². The van der Waals surface area contributed by atoms with Crippen molar-refractivity contribution in [2.24, 2.45) is 5.73 Å². The third-order valence-corrected chi connectivity index (χ3v) is 3.78. The molecule has 4 heteroatoms. The van der Waals surface area contributed by atoms with Crippen LogP contribution in [0.5, 0.6) is 0 Å². The van der Waals surface area contributed by atoms with Crippen molar-refractivity contribution in [3.63, 3.8) is 0 Å². The summed E-state index contributed by atoms with van der Waals surface area (Å²) in [4.78, 5) is 6.62. The van der Waals surface area contributed by atoms with Gasteiger partial charge in [0.2, 0.25) is 0 Å². The summed E-state index contributed by atoms with van der Waals surface area (Å²) < 4.78 is 0. The summed E-state index contributed by atoms with van der Waals surface area (Å²) in [7, 11) is 2.07. The third-order valence-electron chi connectivity index (χ3n) is 3.78. The molecule has 0 aliphatic heterocycles. The van der Waals surface area contributed by atoms with Crippen LogP contribution in [0.25, 0.3) is 0 Å². The maximum atomic E-state index is 7.64. The number of pyridine rings is 1. The Morgan fingerprint density at radius 3 is 2.61 bits per heavy atom. The van der Waals surface area contributed by atoms with Crippen LogP contribution >= 0.6 is 0 Å². The topological polar surface area (TPSA) is 66.0 Å². The highest BCUT2D eigenvalue weighted by Crippen LogP contribution is 2.26. The Kier molecular flexibility index (Phi) is 4.18. The molecule has 0 saturated heterocycles. The van der Waals surface area contributed by atoms with Gasteiger partial charge in [-0.25, -0.2) is 4.98 Å². The van der Waals surface area contributed by atoms with Crippen molar-refractivity contribution in [1.82, 2.24) is 4.98 Å². The largest absolute Gasteiger partial charge is 0.384 e. The van der Waals surface area contributed by atoms with Crippen molar-refractivity contribution in [3.8, 4) is 0 Å². The summed E-state index contributed by atoms with van der Waals surface area (Å²) in [5.41, 5.74) is 6.37. The maximum absolute atomic E-state index is 7.64. The standard InChI is InChI=1S/C14H22N4/c1-18(11-7-4-2-3-5-8-11)14-12(13(15)16)9-6-10-17-14/h6,9-11H,2-5,7-8H2,1H3,(H3,15,16). The summed E-state index contributed by atoms with van der Waals surface area (Å²) in [5.74, 6) is 0.940. The zero-order valence-corrected chi connectivity index (χ0v) is 11.0. The Balaban J connectivity index is 2.21. The highest BCUT2D eigenvalue weighted by Gasteiger charge is 2.20. The molecule has 1 saturated carbocycles. The first-order valence-electron chi connectivity index (χ1n) is 6.72. The van der Waals surface area contributed by atoms with Crippen LogP contribution in [0.1, 0.15) is 44.1 Å². The lowest BCUT2D eigenvalue weighted by Gasteiger charge is -2.29. The zero-order chi connectivity index (χ0) is 13.0. The predicted molar refractivity (Wildman–Crippen MR) is 75.1 cm³/mol. The summed E-state index contributed by atoms with van der Waals surface area (Å²) in [6.45, 7) is 0. The van der Waals surface area contributed by atoms with Crippen LogP contribution in [-0.4, -0.2) is 23.9 Å². The molecule has 0 aromatic carbocycles. The molecular formula is C14H22N4. The van der Waals surface area contributed by atoms with Gasteiger partial charge in [0.25, 0.3) is 0 Å². The Labute approximate surface area is 109 Å². The molecule has 1 aromatic heterocycles. The van der Waals surface area contributed by atoms with E-state index in [4.69, 9.17) is 11.1 Å². The van der Waals surface area contributed by atoms with Gasteiger partial charge < -0.3 is 10.6 Å². The molecule has 1 aromatic rings. The summed E-state index contributed by atoms with van der Waals surface area (Å²) in [6.07, 6.45) is 9.45. The number of nitrogens with zero attached hydrogens (tertiary/aromatic N) is 2. The minimum absolute atomic E-state index is 0.0959. The number of nitrogens with one attached hydrogen (secondary N) is 1. The highest BCUT2D eigenvalue weighted by molar-refractivity contribution is 5.99. The molecule has 4 nitrogen and oxygen atoms in total. The van der Waals surface area contributed by atoms with Gasteiger partial charge in [-0.2, -0.15) is 0 Å². The fourth-order valence-corrected chi connectivity index (χ4v) is 2.71. The van der Waals surface area contributed by atoms with E-state index < -0.39 is 0 Å². The second kappa shape index (κ2) is 5.85. The Morgan fingerprint density at radius 2 is 2.00 bits per heavy atom.